The number of nitrogens with zero attached hydrogens (tertiary/aromatic N) is 3. The maximum absolute atomic E-state index is 13.4. The average molecular weight is 621 g/mol. The zero-order valence-electron chi connectivity index (χ0n) is 25.7. The fraction of sp³-hybridized carbons (Fsp3) is 0.455. The first-order valence-corrected chi connectivity index (χ1v) is 15.9. The van der Waals surface area contributed by atoms with E-state index in [0.29, 0.717) is 67.7 Å². The van der Waals surface area contributed by atoms with Gasteiger partial charge in [0.15, 0.2) is 0 Å². The molecule has 2 aliphatic rings. The summed E-state index contributed by atoms with van der Waals surface area (Å²) >= 11 is 1.58. The number of nitrogens with one attached hydrogen (secondary N) is 1. The van der Waals surface area contributed by atoms with Crippen molar-refractivity contribution in [3.05, 3.63) is 69.7 Å². The number of hydrogen-bond acceptors (Lipinski definition) is 8. The molecule has 2 atom stereocenters. The van der Waals surface area contributed by atoms with Crippen LogP contribution < -0.4 is 14.8 Å². The first kappa shape index (κ1) is 31.5. The number of amides is 3. The van der Waals surface area contributed by atoms with Gasteiger partial charge in [0.1, 0.15) is 17.2 Å². The van der Waals surface area contributed by atoms with Crippen molar-refractivity contribution in [1.29, 1.82) is 0 Å². The molecule has 3 aromatic rings. The summed E-state index contributed by atoms with van der Waals surface area (Å²) in [4.78, 5) is 47.4. The van der Waals surface area contributed by atoms with E-state index in [4.69, 9.17) is 14.2 Å². The first-order chi connectivity index (χ1) is 21.1. The Balaban J connectivity index is 1.35. The van der Waals surface area contributed by atoms with Gasteiger partial charge in [0.2, 0.25) is 11.8 Å². The predicted octanol–water partition coefficient (Wildman–Crippen LogP) is 4.60. The van der Waals surface area contributed by atoms with Crippen molar-refractivity contribution in [3.63, 3.8) is 0 Å². The van der Waals surface area contributed by atoms with Crippen LogP contribution >= 0.6 is 11.3 Å². The Morgan fingerprint density at radius 3 is 2.80 bits per heavy atom. The highest BCUT2D eigenvalue weighted by molar-refractivity contribution is 7.09. The fourth-order valence-electron chi connectivity index (χ4n) is 5.29. The summed E-state index contributed by atoms with van der Waals surface area (Å²) in [7, 11) is 1.59. The minimum atomic E-state index is -0.426. The average Bonchev–Trinajstić information content (AvgIpc) is 3.42. The number of likely N-dealkylation sites (N-methyl/N-ethyl adjacent to an activating group) is 1. The molecule has 0 unspecified atom stereocenters. The lowest BCUT2D eigenvalue weighted by molar-refractivity contribution is -0.137. The van der Waals surface area contributed by atoms with Gasteiger partial charge in [-0.25, -0.2) is 4.98 Å². The molecule has 5 rings (SSSR count). The van der Waals surface area contributed by atoms with E-state index in [1.165, 1.54) is 4.90 Å². The van der Waals surface area contributed by atoms with Crippen LogP contribution in [0.5, 0.6) is 17.2 Å². The smallest absolute Gasteiger partial charge is 0.254 e. The second-order valence-corrected chi connectivity index (χ2v) is 12.9. The highest BCUT2D eigenvalue weighted by Crippen LogP contribution is 2.30. The molecule has 3 heterocycles. The molecule has 1 saturated heterocycles. The summed E-state index contributed by atoms with van der Waals surface area (Å²) < 4.78 is 18.5. The molecule has 234 valence electrons. The molecule has 1 aromatic heterocycles. The van der Waals surface area contributed by atoms with E-state index >= 15 is 0 Å². The Labute approximate surface area is 262 Å². The number of piperidine rings is 1. The maximum atomic E-state index is 13.4. The Hall–Kier alpha value is -3.96. The summed E-state index contributed by atoms with van der Waals surface area (Å²) in [5, 5.41) is 6.05. The lowest BCUT2D eigenvalue weighted by atomic mass is 10.0. The molecule has 0 saturated carbocycles. The van der Waals surface area contributed by atoms with E-state index in [1.807, 2.05) is 55.3 Å². The zero-order valence-corrected chi connectivity index (χ0v) is 26.5. The van der Waals surface area contributed by atoms with Gasteiger partial charge < -0.3 is 29.3 Å². The fourth-order valence-corrected chi connectivity index (χ4v) is 5.94. The molecule has 44 heavy (non-hydrogen) atoms. The Morgan fingerprint density at radius 1 is 1.18 bits per heavy atom. The van der Waals surface area contributed by atoms with Crippen molar-refractivity contribution < 1.29 is 28.6 Å². The predicted molar refractivity (Wildman–Crippen MR) is 167 cm³/mol. The lowest BCUT2D eigenvalue weighted by Crippen LogP contribution is -2.57. The van der Waals surface area contributed by atoms with Crippen LogP contribution in [-0.4, -0.2) is 77.9 Å². The molecule has 0 radical (unpaired) electrons. The van der Waals surface area contributed by atoms with Crippen molar-refractivity contribution in [2.24, 2.45) is 5.92 Å². The van der Waals surface area contributed by atoms with Gasteiger partial charge >= 0.3 is 0 Å². The molecule has 2 aromatic carbocycles. The Morgan fingerprint density at radius 2 is 2.02 bits per heavy atom. The second-order valence-electron chi connectivity index (χ2n) is 11.8. The molecule has 3 amide bonds. The number of rotatable bonds is 6. The van der Waals surface area contributed by atoms with E-state index in [1.54, 1.807) is 36.6 Å². The van der Waals surface area contributed by atoms with E-state index in [0.717, 1.165) is 16.3 Å². The SMILES string of the molecule is Cc1nc(CCC(=O)N2CC[C@@H]3NC(=O)CN(C)C(=O)c4cc(OCC(C)C)cc(c4)Oc4cccc(c4)CO[C@H]3C2)cs1. The van der Waals surface area contributed by atoms with Crippen LogP contribution in [0.4, 0.5) is 0 Å². The van der Waals surface area contributed by atoms with Crippen molar-refractivity contribution in [2.45, 2.75) is 58.8 Å². The van der Waals surface area contributed by atoms with Crippen molar-refractivity contribution in [3.8, 4) is 17.2 Å². The van der Waals surface area contributed by atoms with Gasteiger partial charge in [-0.05, 0) is 55.5 Å². The van der Waals surface area contributed by atoms with Gasteiger partial charge in [0.05, 0.1) is 42.6 Å². The van der Waals surface area contributed by atoms with Gasteiger partial charge in [-0.15, -0.1) is 11.3 Å². The monoisotopic (exact) mass is 620 g/mol. The molecule has 0 spiro atoms. The normalized spacial score (nSPS) is 19.3. The third-order valence-electron chi connectivity index (χ3n) is 7.56. The van der Waals surface area contributed by atoms with Crippen LogP contribution in [0, 0.1) is 12.8 Å². The van der Waals surface area contributed by atoms with Crippen molar-refractivity contribution >= 4 is 29.1 Å². The Bertz CT molecular complexity index is 1490. The van der Waals surface area contributed by atoms with E-state index in [-0.39, 0.29) is 36.9 Å². The Kier molecular flexibility index (Phi) is 10.2. The quantitative estimate of drug-likeness (QED) is 0.429. The number of benzene rings is 2. The van der Waals surface area contributed by atoms with Gasteiger partial charge in [-0.3, -0.25) is 14.4 Å². The number of carbonyl (C=O) groups excluding carboxylic acids is 3. The van der Waals surface area contributed by atoms with Crippen molar-refractivity contribution in [2.75, 3.05) is 33.3 Å². The van der Waals surface area contributed by atoms with Crippen LogP contribution in [0.1, 0.15) is 53.3 Å². The third-order valence-corrected chi connectivity index (χ3v) is 8.38. The first-order valence-electron chi connectivity index (χ1n) is 15.0. The van der Waals surface area contributed by atoms with E-state index in [9.17, 15) is 14.4 Å². The molecule has 10 nitrogen and oxygen atoms in total. The highest BCUT2D eigenvalue weighted by atomic mass is 32.1. The van der Waals surface area contributed by atoms with Crippen LogP contribution in [0.15, 0.2) is 47.8 Å². The van der Waals surface area contributed by atoms with Crippen molar-refractivity contribution in [1.82, 2.24) is 20.1 Å². The van der Waals surface area contributed by atoms with Gasteiger partial charge in [-0.1, -0.05) is 26.0 Å². The summed E-state index contributed by atoms with van der Waals surface area (Å²) in [6.45, 7) is 7.54. The van der Waals surface area contributed by atoms with E-state index < -0.39 is 6.10 Å². The number of hydrogen-bond donors (Lipinski definition) is 1. The molecule has 1 N–H and O–H groups in total. The second kappa shape index (κ2) is 14.2. The molecule has 0 aliphatic carbocycles. The van der Waals surface area contributed by atoms with Crippen LogP contribution in [-0.2, 0) is 27.4 Å². The van der Waals surface area contributed by atoms with Crippen LogP contribution in [0.3, 0.4) is 0 Å². The van der Waals surface area contributed by atoms with Gasteiger partial charge in [0.25, 0.3) is 5.91 Å². The minimum absolute atomic E-state index is 0.0368. The molecule has 1 fully saturated rings. The standard InChI is InChI=1S/C33H40N4O6S/c1-21(2)18-41-27-13-24-14-28(15-27)43-26-7-5-6-23(12-26)19-42-30-16-37(32(39)9-8-25-20-44-22(3)34-25)11-10-29(30)35-31(38)17-36(4)33(24)40/h5-7,12-15,20-21,29-30H,8-11,16-19H2,1-4H3,(H,35,38)/t29-,30-/m0/s1. The number of thiazole rings is 1. The molecule has 2 aliphatic heterocycles. The lowest BCUT2D eigenvalue weighted by Gasteiger charge is -2.39. The third kappa shape index (κ3) is 8.35. The highest BCUT2D eigenvalue weighted by Gasteiger charge is 2.33. The molecule has 11 heteroatoms. The largest absolute Gasteiger partial charge is 0.493 e. The zero-order chi connectivity index (χ0) is 31.2. The number of aryl methyl sites for hydroxylation is 2. The minimum Gasteiger partial charge on any atom is -0.493 e. The molecular weight excluding hydrogens is 580 g/mol. The topological polar surface area (TPSA) is 110 Å². The summed E-state index contributed by atoms with van der Waals surface area (Å²) in [5.41, 5.74) is 2.17. The molecular formula is C33H40N4O6S. The molecule has 4 bridgehead atoms. The maximum Gasteiger partial charge on any atom is 0.254 e. The number of likely N-dealkylation sites (tertiary alicyclic amines) is 1. The van der Waals surface area contributed by atoms with Crippen LogP contribution in [0.2, 0.25) is 0 Å². The summed E-state index contributed by atoms with van der Waals surface area (Å²) in [6, 6.07) is 12.3. The number of carbonyl (C=O) groups is 3. The number of ether oxygens (including phenoxy) is 3. The summed E-state index contributed by atoms with van der Waals surface area (Å²) in [5.74, 6) is 1.27. The van der Waals surface area contributed by atoms with Gasteiger partial charge in [0, 0.05) is 43.6 Å². The van der Waals surface area contributed by atoms with Crippen LogP contribution in [0.25, 0.3) is 0 Å². The van der Waals surface area contributed by atoms with Gasteiger partial charge in [-0.2, -0.15) is 0 Å². The van der Waals surface area contributed by atoms with E-state index in [2.05, 4.69) is 10.3 Å². The number of fused-ring (bicyclic) bond motifs is 5. The summed E-state index contributed by atoms with van der Waals surface area (Å²) in [6.07, 6.45) is 1.07. The number of aromatic nitrogens is 1.